The average Bonchev–Trinajstić information content (AvgIpc) is 2.03. The Morgan fingerprint density at radius 2 is 1.82 bits per heavy atom. The molecule has 0 radical (unpaired) electrons. The highest BCUT2D eigenvalue weighted by molar-refractivity contribution is 5.71. The summed E-state index contributed by atoms with van der Waals surface area (Å²) in [5, 5.41) is 3.20. The Balaban J connectivity index is 3.76. The van der Waals surface area contributed by atoms with Gasteiger partial charge < -0.3 is 5.32 Å². The first-order valence-electron chi connectivity index (χ1n) is 3.53. The number of nitrogens with zero attached hydrogens (tertiary/aromatic N) is 1. The summed E-state index contributed by atoms with van der Waals surface area (Å²) in [6.45, 7) is 4.34. The van der Waals surface area contributed by atoms with Crippen molar-refractivity contribution >= 4 is 6.03 Å². The number of urea groups is 1. The fourth-order valence-electron chi connectivity index (χ4n) is 0.480. The van der Waals surface area contributed by atoms with Gasteiger partial charge in [-0.15, -0.1) is 0 Å². The molecule has 0 saturated heterocycles. The average molecular weight is 162 g/mol. The minimum atomic E-state index is -0.409. The van der Waals surface area contributed by atoms with E-state index in [0.717, 1.165) is 5.23 Å². The summed E-state index contributed by atoms with van der Waals surface area (Å²) in [6.07, 6.45) is 0. The van der Waals surface area contributed by atoms with Crippen LogP contribution in [-0.2, 0) is 9.68 Å². The molecular weight excluding hydrogens is 148 g/mol. The first-order chi connectivity index (χ1) is 5.26. The lowest BCUT2D eigenvalue weighted by molar-refractivity contribution is -0.322. The zero-order valence-electron chi connectivity index (χ0n) is 7.09. The third kappa shape index (κ3) is 3.79. The third-order valence-corrected chi connectivity index (χ3v) is 0.872. The van der Waals surface area contributed by atoms with Crippen LogP contribution in [-0.4, -0.2) is 31.5 Å². The maximum absolute atomic E-state index is 10.9. The van der Waals surface area contributed by atoms with Crippen LogP contribution >= 0.6 is 0 Å². The molecule has 5 nitrogen and oxygen atoms in total. The molecule has 5 heteroatoms. The van der Waals surface area contributed by atoms with E-state index >= 15 is 0 Å². The molecule has 0 aliphatic rings. The fraction of sp³-hybridized carbons (Fsp3) is 0.833. The van der Waals surface area contributed by atoms with Gasteiger partial charge in [0.1, 0.15) is 0 Å². The normalized spacial score (nSPS) is 9.36. The quantitative estimate of drug-likeness (QED) is 0.613. The lowest BCUT2D eigenvalue weighted by Crippen LogP contribution is -2.38. The summed E-state index contributed by atoms with van der Waals surface area (Å²) in [7, 11) is 1.51. The van der Waals surface area contributed by atoms with Crippen LogP contribution in [0.5, 0.6) is 0 Å². The largest absolute Gasteiger partial charge is 0.366 e. The molecule has 0 aromatic rings. The van der Waals surface area contributed by atoms with Crippen molar-refractivity contribution in [2.45, 2.75) is 13.8 Å². The van der Waals surface area contributed by atoms with Crippen LogP contribution in [0.25, 0.3) is 0 Å². The van der Waals surface area contributed by atoms with Gasteiger partial charge in [0.15, 0.2) is 0 Å². The maximum Gasteiger partial charge on any atom is 0.366 e. The fourth-order valence-corrected chi connectivity index (χ4v) is 0.480. The molecule has 0 saturated carbocycles. The van der Waals surface area contributed by atoms with Crippen molar-refractivity contribution in [2.75, 3.05) is 20.3 Å². The number of carbonyl (C=O) groups excluding carboxylic acids is 1. The first-order valence-corrected chi connectivity index (χ1v) is 3.53. The van der Waals surface area contributed by atoms with Gasteiger partial charge in [0, 0.05) is 7.05 Å². The molecule has 0 fully saturated rings. The standard InChI is InChI=1S/C6H14N2O3/c1-4-10-8(11-5-2)6(9)7-3/h4-5H2,1-3H3,(H,7,9). The Morgan fingerprint density at radius 3 is 2.09 bits per heavy atom. The van der Waals surface area contributed by atoms with Gasteiger partial charge in [-0.1, -0.05) is 5.23 Å². The Morgan fingerprint density at radius 1 is 1.36 bits per heavy atom. The van der Waals surface area contributed by atoms with Gasteiger partial charge in [-0.2, -0.15) is 0 Å². The summed E-state index contributed by atoms with van der Waals surface area (Å²) < 4.78 is 0. The molecule has 0 spiro atoms. The van der Waals surface area contributed by atoms with Crippen molar-refractivity contribution in [1.29, 1.82) is 0 Å². The zero-order chi connectivity index (χ0) is 8.69. The van der Waals surface area contributed by atoms with E-state index < -0.39 is 6.03 Å². The topological polar surface area (TPSA) is 50.8 Å². The highest BCUT2D eigenvalue weighted by Crippen LogP contribution is 1.92. The van der Waals surface area contributed by atoms with Gasteiger partial charge in [0.05, 0.1) is 13.2 Å². The molecule has 0 aliphatic heterocycles. The highest BCUT2D eigenvalue weighted by atomic mass is 17.0. The summed E-state index contributed by atoms with van der Waals surface area (Å²) >= 11 is 0. The summed E-state index contributed by atoms with van der Waals surface area (Å²) in [5.74, 6) is 0. The number of nitrogens with one attached hydrogen (secondary N) is 1. The number of carbonyl (C=O) groups is 1. The van der Waals surface area contributed by atoms with Crippen molar-refractivity contribution in [3.8, 4) is 0 Å². The van der Waals surface area contributed by atoms with Crippen molar-refractivity contribution < 1.29 is 14.5 Å². The Hall–Kier alpha value is -0.810. The van der Waals surface area contributed by atoms with Gasteiger partial charge >= 0.3 is 6.03 Å². The molecule has 0 aromatic carbocycles. The maximum atomic E-state index is 10.9. The predicted octanol–water partition coefficient (Wildman–Crippen LogP) is 0.531. The van der Waals surface area contributed by atoms with E-state index in [9.17, 15) is 4.79 Å². The van der Waals surface area contributed by atoms with Gasteiger partial charge in [0.2, 0.25) is 0 Å². The summed E-state index contributed by atoms with van der Waals surface area (Å²) in [4.78, 5) is 20.5. The molecule has 0 aromatic heterocycles. The van der Waals surface area contributed by atoms with Crippen molar-refractivity contribution in [2.24, 2.45) is 0 Å². The predicted molar refractivity (Wildman–Crippen MR) is 39.5 cm³/mol. The second kappa shape index (κ2) is 5.94. The van der Waals surface area contributed by atoms with Crippen molar-refractivity contribution in [3.63, 3.8) is 0 Å². The van der Waals surface area contributed by atoms with E-state index in [4.69, 9.17) is 9.68 Å². The highest BCUT2D eigenvalue weighted by Gasteiger charge is 2.10. The van der Waals surface area contributed by atoms with Crippen LogP contribution in [0.4, 0.5) is 4.79 Å². The third-order valence-electron chi connectivity index (χ3n) is 0.872. The van der Waals surface area contributed by atoms with E-state index in [1.807, 2.05) is 0 Å². The zero-order valence-corrected chi connectivity index (χ0v) is 7.09. The molecule has 0 rings (SSSR count). The molecule has 0 unspecified atom stereocenters. The van der Waals surface area contributed by atoms with Crippen LogP contribution in [0.3, 0.4) is 0 Å². The molecule has 1 N–H and O–H groups in total. The Bertz CT molecular complexity index is 112. The molecule has 2 amide bonds. The number of hydrogen-bond donors (Lipinski definition) is 1. The SMILES string of the molecule is CCON(OCC)C(=O)NC. The summed E-state index contributed by atoms with van der Waals surface area (Å²) in [5.41, 5.74) is 0. The van der Waals surface area contributed by atoms with Gasteiger partial charge in [-0.05, 0) is 13.8 Å². The van der Waals surface area contributed by atoms with Crippen LogP contribution in [0.2, 0.25) is 0 Å². The Labute approximate surface area is 66.2 Å². The molecule has 0 atom stereocenters. The van der Waals surface area contributed by atoms with Crippen LogP contribution in [0, 0.1) is 0 Å². The molecular formula is C6H14N2O3. The Kier molecular flexibility index (Phi) is 5.50. The van der Waals surface area contributed by atoms with Crippen molar-refractivity contribution in [3.05, 3.63) is 0 Å². The molecule has 0 aliphatic carbocycles. The number of hydrogen-bond acceptors (Lipinski definition) is 3. The van der Waals surface area contributed by atoms with Crippen LogP contribution in [0.15, 0.2) is 0 Å². The first kappa shape index (κ1) is 10.2. The second-order valence-corrected chi connectivity index (χ2v) is 1.65. The van der Waals surface area contributed by atoms with Gasteiger partial charge in [0.25, 0.3) is 0 Å². The number of rotatable bonds is 4. The van der Waals surface area contributed by atoms with Crippen LogP contribution in [0.1, 0.15) is 13.8 Å². The minimum absolute atomic E-state index is 0.396. The number of amides is 2. The smallest absolute Gasteiger partial charge is 0.337 e. The van der Waals surface area contributed by atoms with Gasteiger partial charge in [-0.3, -0.25) is 0 Å². The molecule has 11 heavy (non-hydrogen) atoms. The molecule has 66 valence electrons. The lowest BCUT2D eigenvalue weighted by atomic mass is 10.9. The van der Waals surface area contributed by atoms with E-state index in [2.05, 4.69) is 5.32 Å². The van der Waals surface area contributed by atoms with E-state index in [-0.39, 0.29) is 0 Å². The van der Waals surface area contributed by atoms with Gasteiger partial charge in [-0.25, -0.2) is 14.5 Å². The lowest BCUT2D eigenvalue weighted by Gasteiger charge is -2.17. The van der Waals surface area contributed by atoms with Crippen molar-refractivity contribution in [1.82, 2.24) is 10.5 Å². The van der Waals surface area contributed by atoms with E-state index in [1.165, 1.54) is 7.05 Å². The van der Waals surface area contributed by atoms with Crippen LogP contribution < -0.4 is 5.32 Å². The molecule has 0 heterocycles. The minimum Gasteiger partial charge on any atom is -0.337 e. The second-order valence-electron chi connectivity index (χ2n) is 1.65. The number of hydroxylamine groups is 2. The van der Waals surface area contributed by atoms with E-state index in [1.54, 1.807) is 13.8 Å². The molecule has 0 bridgehead atoms. The monoisotopic (exact) mass is 162 g/mol. The summed E-state index contributed by atoms with van der Waals surface area (Å²) in [6, 6.07) is -0.409. The van der Waals surface area contributed by atoms with E-state index in [0.29, 0.717) is 13.2 Å².